The van der Waals surface area contributed by atoms with Crippen molar-refractivity contribution in [2.24, 2.45) is 0 Å². The molecule has 60 valence electrons. The average Bonchev–Trinajstić information content (AvgIpc) is 1.86. The summed E-state index contributed by atoms with van der Waals surface area (Å²) in [7, 11) is -3.47. The molecule has 0 saturated carbocycles. The molecule has 1 aromatic rings. The summed E-state index contributed by atoms with van der Waals surface area (Å²) in [5.41, 5.74) is 0. The highest BCUT2D eigenvalue weighted by Crippen LogP contribution is 1.93. The molecule has 0 aliphatic heterocycles. The minimum absolute atomic E-state index is 0.142. The second-order valence-electron chi connectivity index (χ2n) is 1.88. The number of nitrogens with zero attached hydrogens (tertiary/aromatic N) is 3. The van der Waals surface area contributed by atoms with Crippen LogP contribution in [0.15, 0.2) is 17.6 Å². The van der Waals surface area contributed by atoms with Crippen LogP contribution >= 0.6 is 0 Å². The first kappa shape index (κ1) is 7.86. The van der Waals surface area contributed by atoms with Crippen molar-refractivity contribution >= 4 is 9.84 Å². The smallest absolute Gasteiger partial charge is 0.313 e. The van der Waals surface area contributed by atoms with Gasteiger partial charge in [0.2, 0.25) is 16.0 Å². The van der Waals surface area contributed by atoms with Crippen molar-refractivity contribution in [1.29, 1.82) is 0 Å². The topological polar surface area (TPSA) is 86.9 Å². The Bertz CT molecular complexity index is 361. The van der Waals surface area contributed by atoms with Gasteiger partial charge < -0.3 is 5.21 Å². The van der Waals surface area contributed by atoms with Gasteiger partial charge in [-0.3, -0.25) is 0 Å². The summed E-state index contributed by atoms with van der Waals surface area (Å²) < 4.78 is 21.4. The Morgan fingerprint density at radius 2 is 2.27 bits per heavy atom. The Morgan fingerprint density at radius 3 is 2.64 bits per heavy atom. The van der Waals surface area contributed by atoms with Gasteiger partial charge in [0, 0.05) is 11.4 Å². The highest BCUT2D eigenvalue weighted by atomic mass is 32.2. The van der Waals surface area contributed by atoms with Crippen LogP contribution in [0.5, 0.6) is 0 Å². The average molecular weight is 175 g/mol. The SMILES string of the molecule is CS(=O)(=O)c1ncc[n+]([O-])n1. The van der Waals surface area contributed by atoms with Crippen LogP contribution in [0, 0.1) is 5.21 Å². The summed E-state index contributed by atoms with van der Waals surface area (Å²) in [4.78, 5) is 3.53. The molecular weight excluding hydrogens is 170 g/mol. The van der Waals surface area contributed by atoms with Gasteiger partial charge in [-0.1, -0.05) is 4.85 Å². The number of hydrogen-bond acceptors (Lipinski definition) is 5. The Morgan fingerprint density at radius 1 is 1.64 bits per heavy atom. The van der Waals surface area contributed by atoms with Crippen molar-refractivity contribution in [2.75, 3.05) is 6.26 Å². The highest BCUT2D eigenvalue weighted by Gasteiger charge is 2.13. The fourth-order valence-corrected chi connectivity index (χ4v) is 0.949. The lowest BCUT2D eigenvalue weighted by Gasteiger charge is -1.93. The maximum absolute atomic E-state index is 10.7. The molecule has 0 N–H and O–H groups in total. The maximum atomic E-state index is 10.7. The summed E-state index contributed by atoms with van der Waals surface area (Å²) in [6.07, 6.45) is 3.02. The predicted molar refractivity (Wildman–Crippen MR) is 34.1 cm³/mol. The van der Waals surface area contributed by atoms with Crippen LogP contribution in [0.3, 0.4) is 0 Å². The van der Waals surface area contributed by atoms with E-state index in [0.29, 0.717) is 0 Å². The molecule has 0 bridgehead atoms. The van der Waals surface area contributed by atoms with Crippen molar-refractivity contribution < 1.29 is 13.3 Å². The molecule has 1 aromatic heterocycles. The summed E-state index contributed by atoms with van der Waals surface area (Å²) in [6.45, 7) is 0. The zero-order chi connectivity index (χ0) is 8.48. The molecule has 0 saturated heterocycles. The van der Waals surface area contributed by atoms with Crippen LogP contribution in [0.4, 0.5) is 0 Å². The number of hydrogen-bond donors (Lipinski definition) is 0. The van der Waals surface area contributed by atoms with Gasteiger partial charge in [-0.25, -0.2) is 13.4 Å². The van der Waals surface area contributed by atoms with Gasteiger partial charge in [-0.15, -0.1) is 0 Å². The van der Waals surface area contributed by atoms with Crippen LogP contribution < -0.4 is 4.85 Å². The Hall–Kier alpha value is -1.24. The quantitative estimate of drug-likeness (QED) is 0.383. The molecule has 0 spiro atoms. The molecule has 11 heavy (non-hydrogen) atoms. The normalized spacial score (nSPS) is 11.4. The predicted octanol–water partition coefficient (Wildman–Crippen LogP) is -1.49. The van der Waals surface area contributed by atoms with E-state index in [4.69, 9.17) is 0 Å². The monoisotopic (exact) mass is 175 g/mol. The van der Waals surface area contributed by atoms with Crippen molar-refractivity contribution in [1.82, 2.24) is 10.1 Å². The van der Waals surface area contributed by atoms with Crippen molar-refractivity contribution in [3.63, 3.8) is 0 Å². The molecule has 0 amide bonds. The van der Waals surface area contributed by atoms with Gasteiger partial charge in [0.05, 0.1) is 6.20 Å². The van der Waals surface area contributed by atoms with E-state index in [9.17, 15) is 13.6 Å². The van der Waals surface area contributed by atoms with Crippen LogP contribution in [0.25, 0.3) is 0 Å². The fourth-order valence-electron chi connectivity index (χ4n) is 0.467. The van der Waals surface area contributed by atoms with E-state index < -0.39 is 15.0 Å². The highest BCUT2D eigenvalue weighted by molar-refractivity contribution is 7.90. The number of sulfone groups is 1. The largest absolute Gasteiger partial charge is 0.594 e. The zero-order valence-corrected chi connectivity index (χ0v) is 6.45. The van der Waals surface area contributed by atoms with E-state index in [1.165, 1.54) is 0 Å². The number of rotatable bonds is 1. The fraction of sp³-hybridized carbons (Fsp3) is 0.250. The maximum Gasteiger partial charge on any atom is 0.313 e. The summed E-state index contributed by atoms with van der Waals surface area (Å²) >= 11 is 0. The Labute approximate surface area is 63.0 Å². The first-order valence-electron chi connectivity index (χ1n) is 2.63. The molecule has 0 atom stereocenters. The van der Waals surface area contributed by atoms with E-state index in [1.807, 2.05) is 0 Å². The molecular formula is C4H5N3O3S. The van der Waals surface area contributed by atoms with E-state index in [2.05, 4.69) is 10.1 Å². The lowest BCUT2D eigenvalue weighted by Crippen LogP contribution is -2.32. The van der Waals surface area contributed by atoms with Crippen LogP contribution in [-0.2, 0) is 9.84 Å². The Kier molecular flexibility index (Phi) is 1.73. The molecule has 6 nitrogen and oxygen atoms in total. The second-order valence-corrected chi connectivity index (χ2v) is 3.79. The molecule has 0 aromatic carbocycles. The molecule has 0 fully saturated rings. The van der Waals surface area contributed by atoms with Gasteiger partial charge in [0.15, 0.2) is 0 Å². The van der Waals surface area contributed by atoms with Gasteiger partial charge >= 0.3 is 5.16 Å². The first-order valence-corrected chi connectivity index (χ1v) is 4.52. The minimum Gasteiger partial charge on any atom is -0.594 e. The van der Waals surface area contributed by atoms with Crippen LogP contribution in [0.2, 0.25) is 0 Å². The zero-order valence-electron chi connectivity index (χ0n) is 5.63. The molecule has 0 unspecified atom stereocenters. The van der Waals surface area contributed by atoms with Gasteiger partial charge in [0.1, 0.15) is 0 Å². The third kappa shape index (κ3) is 1.84. The molecule has 0 radical (unpaired) electrons. The Balaban J connectivity index is 3.28. The molecule has 7 heteroatoms. The van der Waals surface area contributed by atoms with Crippen molar-refractivity contribution in [3.8, 4) is 0 Å². The molecule has 1 rings (SSSR count). The van der Waals surface area contributed by atoms with E-state index in [1.54, 1.807) is 0 Å². The van der Waals surface area contributed by atoms with Gasteiger partial charge in [-0.05, 0) is 0 Å². The molecule has 0 aliphatic carbocycles. The second kappa shape index (κ2) is 2.42. The summed E-state index contributed by atoms with van der Waals surface area (Å²) in [6, 6.07) is 0. The third-order valence-corrected chi connectivity index (χ3v) is 1.75. The standard InChI is InChI=1S/C4H5N3O3S/c1-11(9,10)4-5-2-3-7(8)6-4/h2-3H,1H3. The van der Waals surface area contributed by atoms with Crippen LogP contribution in [0.1, 0.15) is 0 Å². The first-order chi connectivity index (χ1) is 5.00. The van der Waals surface area contributed by atoms with Crippen LogP contribution in [-0.4, -0.2) is 24.8 Å². The van der Waals surface area contributed by atoms with Crippen molar-refractivity contribution in [2.45, 2.75) is 5.16 Å². The minimum atomic E-state index is -3.47. The summed E-state index contributed by atoms with van der Waals surface area (Å²) in [5, 5.41) is 13.1. The number of aromatic nitrogens is 3. The molecule has 1 heterocycles. The van der Waals surface area contributed by atoms with Crippen molar-refractivity contribution in [3.05, 3.63) is 17.6 Å². The lowest BCUT2D eigenvalue weighted by atomic mass is 10.9. The van der Waals surface area contributed by atoms with E-state index in [-0.39, 0.29) is 4.85 Å². The third-order valence-electron chi connectivity index (χ3n) is 0.895. The molecule has 0 aliphatic rings. The summed E-state index contributed by atoms with van der Waals surface area (Å²) in [5.74, 6) is 0. The lowest BCUT2D eigenvalue weighted by molar-refractivity contribution is -0.674. The van der Waals surface area contributed by atoms with Gasteiger partial charge in [-0.2, -0.15) is 0 Å². The van der Waals surface area contributed by atoms with Gasteiger partial charge in [0.25, 0.3) is 0 Å². The van der Waals surface area contributed by atoms with E-state index in [0.717, 1.165) is 18.6 Å². The van der Waals surface area contributed by atoms with E-state index >= 15 is 0 Å².